The number of pyridine rings is 1. The van der Waals surface area contributed by atoms with Crippen LogP contribution in [0.15, 0.2) is 54.9 Å². The Balaban J connectivity index is 1.37. The van der Waals surface area contributed by atoms with Gasteiger partial charge in [-0.25, -0.2) is 4.79 Å². The van der Waals surface area contributed by atoms with E-state index in [9.17, 15) is 9.59 Å². The fourth-order valence-electron chi connectivity index (χ4n) is 5.34. The Morgan fingerprint density at radius 1 is 1.03 bits per heavy atom. The molecule has 168 valence electrons. The number of benzene rings is 1. The van der Waals surface area contributed by atoms with Crippen LogP contribution in [0.1, 0.15) is 30.4 Å². The van der Waals surface area contributed by atoms with Gasteiger partial charge in [-0.05, 0) is 48.6 Å². The van der Waals surface area contributed by atoms with Crippen LogP contribution < -0.4 is 0 Å². The van der Waals surface area contributed by atoms with Gasteiger partial charge in [0.1, 0.15) is 5.54 Å². The highest BCUT2D eigenvalue weighted by atomic mass is 32.2. The van der Waals surface area contributed by atoms with Gasteiger partial charge in [0.15, 0.2) is 0 Å². The third-order valence-corrected chi connectivity index (χ3v) is 8.34. The molecule has 1 unspecified atom stereocenters. The van der Waals surface area contributed by atoms with Crippen molar-refractivity contribution in [3.05, 3.63) is 66.0 Å². The largest absolute Gasteiger partial charge is 0.328 e. The molecule has 0 radical (unpaired) electrons. The number of urea groups is 1. The van der Waals surface area contributed by atoms with Crippen molar-refractivity contribution in [1.82, 2.24) is 19.7 Å². The molecule has 6 nitrogen and oxygen atoms in total. The number of piperidine rings is 1. The number of imide groups is 1. The monoisotopic (exact) mass is 450 g/mol. The van der Waals surface area contributed by atoms with Crippen LogP contribution in [0, 0.1) is 0 Å². The molecule has 1 aromatic heterocycles. The van der Waals surface area contributed by atoms with E-state index < -0.39 is 5.54 Å². The topological polar surface area (TPSA) is 56.8 Å². The minimum absolute atomic E-state index is 0.0279. The molecule has 2 aromatic rings. The van der Waals surface area contributed by atoms with Gasteiger partial charge in [0.2, 0.25) is 0 Å². The lowest BCUT2D eigenvalue weighted by Gasteiger charge is -2.44. The van der Waals surface area contributed by atoms with Crippen molar-refractivity contribution in [2.24, 2.45) is 0 Å². The lowest BCUT2D eigenvalue weighted by atomic mass is 9.85. The molecule has 32 heavy (non-hydrogen) atoms. The second-order valence-corrected chi connectivity index (χ2v) is 10.2. The average Bonchev–Trinajstić information content (AvgIpc) is 3.44. The highest BCUT2D eigenvalue weighted by Gasteiger charge is 2.57. The summed E-state index contributed by atoms with van der Waals surface area (Å²) in [7, 11) is 0. The van der Waals surface area contributed by atoms with E-state index in [2.05, 4.69) is 22.0 Å². The summed E-state index contributed by atoms with van der Waals surface area (Å²) >= 11 is 2.02. The molecule has 3 saturated heterocycles. The molecule has 3 aliphatic heterocycles. The summed E-state index contributed by atoms with van der Waals surface area (Å²) in [5.74, 6) is 2.39. The summed E-state index contributed by atoms with van der Waals surface area (Å²) in [6.07, 6.45) is 6.87. The first-order valence-corrected chi connectivity index (χ1v) is 12.7. The van der Waals surface area contributed by atoms with Crippen LogP contribution in [-0.4, -0.2) is 74.3 Å². The maximum Gasteiger partial charge on any atom is 0.328 e. The molecule has 3 fully saturated rings. The van der Waals surface area contributed by atoms with Gasteiger partial charge < -0.3 is 4.90 Å². The Morgan fingerprint density at radius 3 is 2.50 bits per heavy atom. The second-order valence-electron chi connectivity index (χ2n) is 9.01. The van der Waals surface area contributed by atoms with Crippen LogP contribution in [0.3, 0.4) is 0 Å². The van der Waals surface area contributed by atoms with Crippen molar-refractivity contribution in [2.75, 3.05) is 31.1 Å². The Hall–Kier alpha value is -2.38. The zero-order chi connectivity index (χ0) is 22.0. The van der Waals surface area contributed by atoms with Gasteiger partial charge in [-0.1, -0.05) is 36.4 Å². The SMILES string of the molecule is O=C1N(Cc2cccnc2)C(=O)C2(CCN(C3CCSC3)CC2)N1CCc1ccccc1. The molecule has 0 aliphatic carbocycles. The number of nitrogens with zero attached hydrogens (tertiary/aromatic N) is 4. The smallest absolute Gasteiger partial charge is 0.309 e. The first kappa shape index (κ1) is 21.5. The van der Waals surface area contributed by atoms with Gasteiger partial charge in [-0.3, -0.25) is 19.6 Å². The molecule has 1 atom stereocenters. The summed E-state index contributed by atoms with van der Waals surface area (Å²) in [6.45, 7) is 2.62. The van der Waals surface area contributed by atoms with Crippen LogP contribution in [0.4, 0.5) is 4.79 Å². The molecule has 1 aromatic carbocycles. The maximum atomic E-state index is 13.8. The summed E-state index contributed by atoms with van der Waals surface area (Å²) in [6, 6.07) is 14.5. The zero-order valence-electron chi connectivity index (χ0n) is 18.4. The third-order valence-electron chi connectivity index (χ3n) is 7.20. The van der Waals surface area contributed by atoms with E-state index in [0.717, 1.165) is 37.9 Å². The van der Waals surface area contributed by atoms with E-state index in [4.69, 9.17) is 0 Å². The molecule has 0 saturated carbocycles. The number of hydrogen-bond donors (Lipinski definition) is 0. The first-order chi connectivity index (χ1) is 15.7. The summed E-state index contributed by atoms with van der Waals surface area (Å²) < 4.78 is 0. The van der Waals surface area contributed by atoms with E-state index in [1.807, 2.05) is 47.0 Å². The third kappa shape index (κ3) is 4.04. The Kier molecular flexibility index (Phi) is 6.20. The van der Waals surface area contributed by atoms with Gasteiger partial charge in [0, 0.05) is 43.8 Å². The molecule has 0 bridgehead atoms. The molecule has 5 rings (SSSR count). The quantitative estimate of drug-likeness (QED) is 0.631. The van der Waals surface area contributed by atoms with Crippen molar-refractivity contribution in [3.63, 3.8) is 0 Å². The minimum Gasteiger partial charge on any atom is -0.309 e. The van der Waals surface area contributed by atoms with E-state index in [1.165, 1.54) is 28.4 Å². The maximum absolute atomic E-state index is 13.8. The second kappa shape index (κ2) is 9.24. The highest BCUT2D eigenvalue weighted by molar-refractivity contribution is 7.99. The highest BCUT2D eigenvalue weighted by Crippen LogP contribution is 2.39. The van der Waals surface area contributed by atoms with Crippen LogP contribution in [0.5, 0.6) is 0 Å². The van der Waals surface area contributed by atoms with Crippen LogP contribution in [-0.2, 0) is 17.8 Å². The van der Waals surface area contributed by atoms with Crippen LogP contribution in [0.2, 0.25) is 0 Å². The van der Waals surface area contributed by atoms with Gasteiger partial charge >= 0.3 is 6.03 Å². The molecular weight excluding hydrogens is 420 g/mol. The molecular formula is C25H30N4O2S. The average molecular weight is 451 g/mol. The molecule has 3 aliphatic rings. The predicted octanol–water partition coefficient (Wildman–Crippen LogP) is 3.43. The Labute approximate surface area is 194 Å². The van der Waals surface area contributed by atoms with Crippen LogP contribution >= 0.6 is 11.8 Å². The number of thioether (sulfide) groups is 1. The lowest BCUT2D eigenvalue weighted by Crippen LogP contribution is -2.58. The Bertz CT molecular complexity index is 941. The standard InChI is InChI=1S/C25H30N4O2S/c30-23-25(10-14-27(15-11-25)22-9-16-32-19-22)29(13-8-20-5-2-1-3-6-20)24(31)28(23)18-21-7-4-12-26-17-21/h1-7,12,17,22H,8-11,13-16,18-19H2. The minimum atomic E-state index is -0.712. The normalized spacial score (nSPS) is 23.4. The van der Waals surface area contributed by atoms with Crippen molar-refractivity contribution >= 4 is 23.7 Å². The van der Waals surface area contributed by atoms with E-state index in [1.54, 1.807) is 12.4 Å². The van der Waals surface area contributed by atoms with E-state index >= 15 is 0 Å². The fraction of sp³-hybridized carbons (Fsp3) is 0.480. The first-order valence-electron chi connectivity index (χ1n) is 11.6. The number of hydrogen-bond acceptors (Lipinski definition) is 5. The van der Waals surface area contributed by atoms with Gasteiger partial charge in [-0.2, -0.15) is 11.8 Å². The van der Waals surface area contributed by atoms with Crippen molar-refractivity contribution in [3.8, 4) is 0 Å². The number of likely N-dealkylation sites (tertiary alicyclic amines) is 1. The molecule has 7 heteroatoms. The van der Waals surface area contributed by atoms with Gasteiger partial charge in [-0.15, -0.1) is 0 Å². The zero-order valence-corrected chi connectivity index (χ0v) is 19.2. The Morgan fingerprint density at radius 2 is 1.81 bits per heavy atom. The summed E-state index contributed by atoms with van der Waals surface area (Å²) in [5, 5.41) is 0. The molecule has 3 amide bonds. The van der Waals surface area contributed by atoms with Crippen LogP contribution in [0.25, 0.3) is 0 Å². The fourth-order valence-corrected chi connectivity index (χ4v) is 6.60. The van der Waals surface area contributed by atoms with E-state index in [-0.39, 0.29) is 18.5 Å². The number of amides is 3. The van der Waals surface area contributed by atoms with Crippen molar-refractivity contribution in [1.29, 1.82) is 0 Å². The van der Waals surface area contributed by atoms with E-state index in [0.29, 0.717) is 12.6 Å². The summed E-state index contributed by atoms with van der Waals surface area (Å²) in [5.41, 5.74) is 1.36. The molecule has 0 N–H and O–H groups in total. The summed E-state index contributed by atoms with van der Waals surface area (Å²) in [4.78, 5) is 37.4. The van der Waals surface area contributed by atoms with Gasteiger partial charge in [0.05, 0.1) is 6.54 Å². The van der Waals surface area contributed by atoms with Crippen molar-refractivity contribution in [2.45, 2.75) is 43.8 Å². The van der Waals surface area contributed by atoms with Crippen molar-refractivity contribution < 1.29 is 9.59 Å². The van der Waals surface area contributed by atoms with Gasteiger partial charge in [0.25, 0.3) is 5.91 Å². The number of carbonyl (C=O) groups excluding carboxylic acids is 2. The number of aromatic nitrogens is 1. The predicted molar refractivity (Wildman–Crippen MR) is 126 cm³/mol. The lowest BCUT2D eigenvalue weighted by molar-refractivity contribution is -0.136. The number of rotatable bonds is 6. The number of carbonyl (C=O) groups is 2. The molecule has 4 heterocycles. The molecule has 1 spiro atoms.